The van der Waals surface area contributed by atoms with Crippen LogP contribution in [0.5, 0.6) is 17.5 Å². The molecule has 1 N–H and O–H groups in total. The summed E-state index contributed by atoms with van der Waals surface area (Å²) < 4.78 is 11.1. The minimum atomic E-state index is 0.345. The van der Waals surface area contributed by atoms with Gasteiger partial charge >= 0.3 is 6.01 Å². The number of hydrogen-bond donors (Lipinski definition) is 1. The Morgan fingerprint density at radius 2 is 1.67 bits per heavy atom. The molecule has 0 aliphatic carbocycles. The highest BCUT2D eigenvalue weighted by Crippen LogP contribution is 2.21. The molecule has 0 atom stereocenters. The van der Waals surface area contributed by atoms with Crippen molar-refractivity contribution in [2.75, 3.05) is 13.2 Å². The summed E-state index contributed by atoms with van der Waals surface area (Å²) in [6.45, 7) is 6.54. The number of ether oxygens (including phenoxy) is 2. The van der Waals surface area contributed by atoms with E-state index in [2.05, 4.69) is 29.1 Å². The Kier molecular flexibility index (Phi) is 5.97. The summed E-state index contributed by atoms with van der Waals surface area (Å²) in [5, 5.41) is 3.22. The molecule has 0 aliphatic heterocycles. The maximum Gasteiger partial charge on any atom is 0.321 e. The first-order valence-electron chi connectivity index (χ1n) is 7.24. The molecule has 0 spiro atoms. The molecule has 0 unspecified atom stereocenters. The van der Waals surface area contributed by atoms with Crippen LogP contribution in [0.4, 0.5) is 0 Å². The van der Waals surface area contributed by atoms with Crippen molar-refractivity contribution in [2.24, 2.45) is 0 Å². The monoisotopic (exact) mass is 287 g/mol. The third-order valence-electron chi connectivity index (χ3n) is 2.77. The van der Waals surface area contributed by atoms with E-state index in [9.17, 15) is 0 Å². The minimum Gasteiger partial charge on any atom is -0.494 e. The largest absolute Gasteiger partial charge is 0.494 e. The lowest BCUT2D eigenvalue weighted by molar-refractivity contribution is 0.317. The molecular formula is C16H21N3O2. The van der Waals surface area contributed by atoms with E-state index in [1.807, 2.05) is 24.3 Å². The van der Waals surface area contributed by atoms with Gasteiger partial charge in [-0.25, -0.2) is 9.97 Å². The number of rotatable bonds is 8. The molecule has 5 heteroatoms. The summed E-state index contributed by atoms with van der Waals surface area (Å²) >= 11 is 0. The highest BCUT2D eigenvalue weighted by Gasteiger charge is 2.02. The van der Waals surface area contributed by atoms with Crippen LogP contribution < -0.4 is 14.8 Å². The maximum atomic E-state index is 5.60. The normalized spacial score (nSPS) is 10.4. The molecule has 0 fully saturated rings. The summed E-state index contributed by atoms with van der Waals surface area (Å²) in [6.07, 6.45) is 4.53. The van der Waals surface area contributed by atoms with Crippen LogP contribution in [0.3, 0.4) is 0 Å². The Morgan fingerprint density at radius 3 is 2.29 bits per heavy atom. The van der Waals surface area contributed by atoms with Gasteiger partial charge in [-0.05, 0) is 37.2 Å². The molecule has 1 aromatic heterocycles. The molecule has 0 saturated carbocycles. The summed E-state index contributed by atoms with van der Waals surface area (Å²) in [6, 6.07) is 7.80. The zero-order valence-electron chi connectivity index (χ0n) is 12.5. The third-order valence-corrected chi connectivity index (χ3v) is 2.77. The summed E-state index contributed by atoms with van der Waals surface area (Å²) in [7, 11) is 0. The van der Waals surface area contributed by atoms with Gasteiger partial charge in [0.1, 0.15) is 11.5 Å². The highest BCUT2D eigenvalue weighted by atomic mass is 16.5. The maximum absolute atomic E-state index is 5.60. The van der Waals surface area contributed by atoms with Gasteiger partial charge in [0.2, 0.25) is 0 Å². The van der Waals surface area contributed by atoms with E-state index >= 15 is 0 Å². The van der Waals surface area contributed by atoms with Gasteiger partial charge in [-0.3, -0.25) is 0 Å². The second kappa shape index (κ2) is 8.21. The number of hydrogen-bond acceptors (Lipinski definition) is 5. The highest BCUT2D eigenvalue weighted by molar-refractivity contribution is 5.32. The quantitative estimate of drug-likeness (QED) is 0.808. The fraction of sp³-hybridized carbons (Fsp3) is 0.375. The zero-order chi connectivity index (χ0) is 14.9. The first-order valence-corrected chi connectivity index (χ1v) is 7.24. The van der Waals surface area contributed by atoms with Crippen molar-refractivity contribution in [3.05, 3.63) is 42.2 Å². The molecule has 0 bridgehead atoms. The first kappa shape index (κ1) is 15.3. The molecule has 0 radical (unpaired) electrons. The molecule has 2 aromatic rings. The summed E-state index contributed by atoms with van der Waals surface area (Å²) in [4.78, 5) is 8.39. The Hall–Kier alpha value is -2.14. The van der Waals surface area contributed by atoms with Gasteiger partial charge in [0.05, 0.1) is 6.61 Å². The lowest BCUT2D eigenvalue weighted by Gasteiger charge is -2.07. The van der Waals surface area contributed by atoms with E-state index < -0.39 is 0 Å². The van der Waals surface area contributed by atoms with E-state index in [0.717, 1.165) is 37.4 Å². The van der Waals surface area contributed by atoms with Crippen molar-refractivity contribution in [1.29, 1.82) is 0 Å². The van der Waals surface area contributed by atoms with Crippen LogP contribution >= 0.6 is 0 Å². The third kappa shape index (κ3) is 5.04. The fourth-order valence-corrected chi connectivity index (χ4v) is 1.69. The predicted molar refractivity (Wildman–Crippen MR) is 81.7 cm³/mol. The van der Waals surface area contributed by atoms with E-state index in [4.69, 9.17) is 9.47 Å². The van der Waals surface area contributed by atoms with Crippen molar-refractivity contribution in [1.82, 2.24) is 15.3 Å². The molecule has 1 heterocycles. The lowest BCUT2D eigenvalue weighted by atomic mass is 10.3. The van der Waals surface area contributed by atoms with Gasteiger partial charge in [0, 0.05) is 24.5 Å². The van der Waals surface area contributed by atoms with Crippen LogP contribution in [0.15, 0.2) is 36.7 Å². The Morgan fingerprint density at radius 1 is 1.00 bits per heavy atom. The topological polar surface area (TPSA) is 56.3 Å². The number of aromatic nitrogens is 2. The van der Waals surface area contributed by atoms with Crippen LogP contribution in [0.1, 0.15) is 25.8 Å². The molecule has 1 aromatic carbocycles. The fourth-order valence-electron chi connectivity index (χ4n) is 1.69. The van der Waals surface area contributed by atoms with Gasteiger partial charge in [-0.2, -0.15) is 0 Å². The van der Waals surface area contributed by atoms with Gasteiger partial charge in [-0.1, -0.05) is 13.8 Å². The summed E-state index contributed by atoms with van der Waals surface area (Å²) in [5.41, 5.74) is 1.03. The van der Waals surface area contributed by atoms with Crippen LogP contribution in [0.25, 0.3) is 0 Å². The summed E-state index contributed by atoms with van der Waals surface area (Å²) in [5.74, 6) is 1.53. The SMILES string of the molecule is CCCOc1ccc(Oc2ncc(CNCC)cn2)cc1. The predicted octanol–water partition coefficient (Wildman–Crippen LogP) is 3.17. The van der Waals surface area contributed by atoms with Gasteiger partial charge in [0.15, 0.2) is 0 Å². The smallest absolute Gasteiger partial charge is 0.321 e. The molecule has 0 aliphatic rings. The number of benzene rings is 1. The first-order chi connectivity index (χ1) is 10.3. The van der Waals surface area contributed by atoms with Crippen LogP contribution in [-0.4, -0.2) is 23.1 Å². The average molecular weight is 287 g/mol. The standard InChI is InChI=1S/C16H21N3O2/c1-3-9-20-14-5-7-15(8-6-14)21-16-18-11-13(12-19-16)10-17-4-2/h5-8,11-12,17H,3-4,9-10H2,1-2H3. The molecule has 21 heavy (non-hydrogen) atoms. The minimum absolute atomic E-state index is 0.345. The Bertz CT molecular complexity index is 477. The molecule has 112 valence electrons. The zero-order valence-corrected chi connectivity index (χ0v) is 12.5. The van der Waals surface area contributed by atoms with Crippen molar-refractivity contribution in [2.45, 2.75) is 26.8 Å². The van der Waals surface area contributed by atoms with Crippen LogP contribution in [0, 0.1) is 0 Å². The van der Waals surface area contributed by atoms with E-state index in [1.54, 1.807) is 12.4 Å². The molecule has 0 saturated heterocycles. The second-order valence-corrected chi connectivity index (χ2v) is 4.58. The van der Waals surface area contributed by atoms with Crippen molar-refractivity contribution >= 4 is 0 Å². The number of nitrogens with one attached hydrogen (secondary N) is 1. The average Bonchev–Trinajstić information content (AvgIpc) is 2.53. The van der Waals surface area contributed by atoms with E-state index in [1.165, 1.54) is 0 Å². The Labute approximate surface area is 125 Å². The van der Waals surface area contributed by atoms with Crippen molar-refractivity contribution in [3.8, 4) is 17.5 Å². The van der Waals surface area contributed by atoms with Crippen molar-refractivity contribution in [3.63, 3.8) is 0 Å². The van der Waals surface area contributed by atoms with Crippen molar-refractivity contribution < 1.29 is 9.47 Å². The molecule has 0 amide bonds. The molecule has 5 nitrogen and oxygen atoms in total. The molecule has 2 rings (SSSR count). The van der Waals surface area contributed by atoms with Gasteiger partial charge in [0.25, 0.3) is 0 Å². The van der Waals surface area contributed by atoms with E-state index in [0.29, 0.717) is 11.8 Å². The lowest BCUT2D eigenvalue weighted by Crippen LogP contribution is -2.12. The molecular weight excluding hydrogens is 266 g/mol. The van der Waals surface area contributed by atoms with Crippen LogP contribution in [-0.2, 0) is 6.54 Å². The van der Waals surface area contributed by atoms with Gasteiger partial charge < -0.3 is 14.8 Å². The second-order valence-electron chi connectivity index (χ2n) is 4.58. The van der Waals surface area contributed by atoms with E-state index in [-0.39, 0.29) is 0 Å². The number of nitrogens with zero attached hydrogens (tertiary/aromatic N) is 2. The van der Waals surface area contributed by atoms with Crippen LogP contribution in [0.2, 0.25) is 0 Å². The Balaban J connectivity index is 1.91. The van der Waals surface area contributed by atoms with Gasteiger partial charge in [-0.15, -0.1) is 0 Å².